The molecular formula is C12H17FN2O. The minimum Gasteiger partial charge on any atom is -0.325 e. The summed E-state index contributed by atoms with van der Waals surface area (Å²) in [5.74, 6) is -0.464. The van der Waals surface area contributed by atoms with Crippen LogP contribution in [-0.2, 0) is 4.79 Å². The summed E-state index contributed by atoms with van der Waals surface area (Å²) >= 11 is 0. The Balaban J connectivity index is 2.70. The van der Waals surface area contributed by atoms with E-state index in [0.29, 0.717) is 12.1 Å². The van der Waals surface area contributed by atoms with Crippen LogP contribution in [0, 0.1) is 5.82 Å². The first-order valence-electron chi connectivity index (χ1n) is 5.27. The Bertz CT molecular complexity index is 366. The van der Waals surface area contributed by atoms with Gasteiger partial charge in [-0.25, -0.2) is 4.39 Å². The lowest BCUT2D eigenvalue weighted by Crippen LogP contribution is -2.39. The first kappa shape index (κ1) is 12.6. The molecule has 16 heavy (non-hydrogen) atoms. The monoisotopic (exact) mass is 224 g/mol. The van der Waals surface area contributed by atoms with Gasteiger partial charge in [-0.1, -0.05) is 13.0 Å². The number of hydrogen-bond donors (Lipinski definition) is 1. The molecule has 1 atom stereocenters. The number of likely N-dealkylation sites (N-methyl/N-ethyl adjacent to an activating group) is 1. The van der Waals surface area contributed by atoms with Gasteiger partial charge in [0.25, 0.3) is 0 Å². The van der Waals surface area contributed by atoms with Gasteiger partial charge in [0.2, 0.25) is 5.91 Å². The topological polar surface area (TPSA) is 32.3 Å². The van der Waals surface area contributed by atoms with E-state index in [1.807, 2.05) is 25.9 Å². The minimum absolute atomic E-state index is 0.113. The van der Waals surface area contributed by atoms with Gasteiger partial charge in [0.05, 0.1) is 6.04 Å². The molecule has 3 nitrogen and oxygen atoms in total. The van der Waals surface area contributed by atoms with Crippen molar-refractivity contribution in [1.29, 1.82) is 0 Å². The molecule has 1 N–H and O–H groups in total. The third-order valence-electron chi connectivity index (χ3n) is 2.40. The van der Waals surface area contributed by atoms with E-state index in [1.165, 1.54) is 12.1 Å². The fourth-order valence-electron chi connectivity index (χ4n) is 1.58. The lowest BCUT2D eigenvalue weighted by atomic mass is 10.2. The minimum atomic E-state index is -0.351. The smallest absolute Gasteiger partial charge is 0.241 e. The molecule has 1 aromatic rings. The highest BCUT2D eigenvalue weighted by atomic mass is 19.1. The molecule has 0 aliphatic heterocycles. The second kappa shape index (κ2) is 5.61. The molecule has 0 spiro atoms. The Morgan fingerprint density at radius 2 is 2.19 bits per heavy atom. The molecule has 0 bridgehead atoms. The highest BCUT2D eigenvalue weighted by Gasteiger charge is 2.18. The van der Waals surface area contributed by atoms with E-state index in [4.69, 9.17) is 0 Å². The Labute approximate surface area is 95.3 Å². The standard InChI is InChI=1S/C12H17FN2O/c1-4-11(15(2)3)12(16)14-10-7-5-6-9(13)8-10/h5-8,11H,4H2,1-3H3,(H,14,16)/t11-/m1/s1. The van der Waals surface area contributed by atoms with E-state index >= 15 is 0 Å². The third kappa shape index (κ3) is 3.31. The molecule has 0 saturated heterocycles. The first-order chi connectivity index (χ1) is 7.54. The fourth-order valence-corrected chi connectivity index (χ4v) is 1.58. The maximum absolute atomic E-state index is 12.9. The Kier molecular flexibility index (Phi) is 4.43. The van der Waals surface area contributed by atoms with Crippen LogP contribution >= 0.6 is 0 Å². The summed E-state index contributed by atoms with van der Waals surface area (Å²) in [4.78, 5) is 13.7. The van der Waals surface area contributed by atoms with Crippen LogP contribution in [0.4, 0.5) is 10.1 Å². The SMILES string of the molecule is CC[C@H](C(=O)Nc1cccc(F)c1)N(C)C. The number of nitrogens with zero attached hydrogens (tertiary/aromatic N) is 1. The van der Waals surface area contributed by atoms with E-state index in [9.17, 15) is 9.18 Å². The van der Waals surface area contributed by atoms with Crippen molar-refractivity contribution in [2.45, 2.75) is 19.4 Å². The maximum Gasteiger partial charge on any atom is 0.241 e. The van der Waals surface area contributed by atoms with E-state index in [0.717, 1.165) is 0 Å². The zero-order chi connectivity index (χ0) is 12.1. The van der Waals surface area contributed by atoms with Crippen molar-refractivity contribution in [3.8, 4) is 0 Å². The second-order valence-corrected chi connectivity index (χ2v) is 3.89. The summed E-state index contributed by atoms with van der Waals surface area (Å²) in [5.41, 5.74) is 0.491. The number of benzene rings is 1. The molecule has 88 valence electrons. The maximum atomic E-state index is 12.9. The van der Waals surface area contributed by atoms with E-state index in [1.54, 1.807) is 12.1 Å². The van der Waals surface area contributed by atoms with Crippen molar-refractivity contribution >= 4 is 11.6 Å². The van der Waals surface area contributed by atoms with Crippen molar-refractivity contribution in [2.24, 2.45) is 0 Å². The number of halogens is 1. The van der Waals surface area contributed by atoms with Crippen LogP contribution in [0.3, 0.4) is 0 Å². The number of nitrogens with one attached hydrogen (secondary N) is 1. The van der Waals surface area contributed by atoms with E-state index in [-0.39, 0.29) is 17.8 Å². The van der Waals surface area contributed by atoms with Crippen molar-refractivity contribution in [1.82, 2.24) is 4.90 Å². The normalized spacial score (nSPS) is 12.6. The van der Waals surface area contributed by atoms with E-state index in [2.05, 4.69) is 5.32 Å². The zero-order valence-corrected chi connectivity index (χ0v) is 9.83. The summed E-state index contributed by atoms with van der Waals surface area (Å²) in [6.07, 6.45) is 0.716. The predicted octanol–water partition coefficient (Wildman–Crippen LogP) is 2.10. The van der Waals surface area contributed by atoms with Gasteiger partial charge in [0.1, 0.15) is 5.82 Å². The molecule has 4 heteroatoms. The van der Waals surface area contributed by atoms with Crippen LogP contribution < -0.4 is 5.32 Å². The molecule has 0 saturated carbocycles. The summed E-state index contributed by atoms with van der Waals surface area (Å²) in [6, 6.07) is 5.70. The number of carbonyl (C=O) groups is 1. The van der Waals surface area contributed by atoms with Gasteiger partial charge in [-0.05, 0) is 38.7 Å². The highest BCUT2D eigenvalue weighted by molar-refractivity contribution is 5.94. The average molecular weight is 224 g/mol. The van der Waals surface area contributed by atoms with Gasteiger partial charge in [-0.2, -0.15) is 0 Å². The van der Waals surface area contributed by atoms with Gasteiger partial charge in [-0.3, -0.25) is 9.69 Å². The van der Waals surface area contributed by atoms with Gasteiger partial charge in [0, 0.05) is 5.69 Å². The van der Waals surface area contributed by atoms with Crippen LogP contribution in [0.1, 0.15) is 13.3 Å². The molecule has 0 aliphatic carbocycles. The van der Waals surface area contributed by atoms with Crippen molar-refractivity contribution in [3.63, 3.8) is 0 Å². The quantitative estimate of drug-likeness (QED) is 0.849. The first-order valence-corrected chi connectivity index (χ1v) is 5.27. The fraction of sp³-hybridized carbons (Fsp3) is 0.417. The lowest BCUT2D eigenvalue weighted by Gasteiger charge is -2.21. The molecular weight excluding hydrogens is 207 g/mol. The number of rotatable bonds is 4. The largest absolute Gasteiger partial charge is 0.325 e. The average Bonchev–Trinajstić information content (AvgIpc) is 2.17. The molecule has 0 radical (unpaired) electrons. The molecule has 1 aromatic carbocycles. The molecule has 1 amide bonds. The van der Waals surface area contributed by atoms with Crippen LogP contribution in [0.5, 0.6) is 0 Å². The molecule has 0 aromatic heterocycles. The number of amides is 1. The van der Waals surface area contributed by atoms with Gasteiger partial charge < -0.3 is 5.32 Å². The summed E-state index contributed by atoms with van der Waals surface area (Å²) in [5, 5.41) is 2.69. The van der Waals surface area contributed by atoms with Gasteiger partial charge in [-0.15, -0.1) is 0 Å². The molecule has 0 fully saturated rings. The number of anilines is 1. The van der Waals surface area contributed by atoms with Crippen molar-refractivity contribution in [2.75, 3.05) is 19.4 Å². The summed E-state index contributed by atoms with van der Waals surface area (Å²) in [6.45, 7) is 1.94. The second-order valence-electron chi connectivity index (χ2n) is 3.89. The van der Waals surface area contributed by atoms with Crippen molar-refractivity contribution < 1.29 is 9.18 Å². The molecule has 1 rings (SSSR count). The number of hydrogen-bond acceptors (Lipinski definition) is 2. The van der Waals surface area contributed by atoms with Crippen LogP contribution in [-0.4, -0.2) is 30.9 Å². The Morgan fingerprint density at radius 1 is 1.50 bits per heavy atom. The van der Waals surface area contributed by atoms with Gasteiger partial charge >= 0.3 is 0 Å². The summed E-state index contributed by atoms with van der Waals surface area (Å²) in [7, 11) is 3.69. The summed E-state index contributed by atoms with van der Waals surface area (Å²) < 4.78 is 12.9. The lowest BCUT2D eigenvalue weighted by molar-refractivity contribution is -0.120. The van der Waals surface area contributed by atoms with Crippen molar-refractivity contribution in [3.05, 3.63) is 30.1 Å². The third-order valence-corrected chi connectivity index (χ3v) is 2.40. The van der Waals surface area contributed by atoms with Crippen LogP contribution in [0.15, 0.2) is 24.3 Å². The van der Waals surface area contributed by atoms with Crippen LogP contribution in [0.2, 0.25) is 0 Å². The van der Waals surface area contributed by atoms with Crippen LogP contribution in [0.25, 0.3) is 0 Å². The highest BCUT2D eigenvalue weighted by Crippen LogP contribution is 2.11. The Hall–Kier alpha value is -1.42. The zero-order valence-electron chi connectivity index (χ0n) is 9.83. The van der Waals surface area contributed by atoms with E-state index < -0.39 is 0 Å². The molecule has 0 heterocycles. The number of carbonyl (C=O) groups excluding carboxylic acids is 1. The van der Waals surface area contributed by atoms with Gasteiger partial charge in [0.15, 0.2) is 0 Å². The molecule has 0 unspecified atom stereocenters. The Morgan fingerprint density at radius 3 is 2.69 bits per heavy atom. The molecule has 0 aliphatic rings. The predicted molar refractivity (Wildman–Crippen MR) is 62.8 cm³/mol.